The van der Waals surface area contributed by atoms with Crippen LogP contribution >= 0.6 is 0 Å². The van der Waals surface area contributed by atoms with Crippen LogP contribution < -0.4 is 0 Å². The molecule has 0 spiro atoms. The number of hydrogen-bond acceptors (Lipinski definition) is 4. The Bertz CT molecular complexity index is 279. The summed E-state index contributed by atoms with van der Waals surface area (Å²) in [7, 11) is 0. The van der Waals surface area contributed by atoms with Crippen molar-refractivity contribution < 1.29 is 19.1 Å². The number of hydrogen-bond donors (Lipinski definition) is 0. The van der Waals surface area contributed by atoms with Gasteiger partial charge in [-0.2, -0.15) is 0 Å². The van der Waals surface area contributed by atoms with Crippen molar-refractivity contribution in [2.75, 3.05) is 6.61 Å². The second kappa shape index (κ2) is 5.68. The molecule has 4 nitrogen and oxygen atoms in total. The van der Waals surface area contributed by atoms with Crippen molar-refractivity contribution in [3.8, 4) is 24.7 Å². The third kappa shape index (κ3) is 4.49. The predicted octanol–water partition coefficient (Wildman–Crippen LogP) is -0.272. The fraction of sp³-hybridized carbons (Fsp3) is 0.333. The average molecular weight is 180 g/mol. The van der Waals surface area contributed by atoms with Crippen LogP contribution in [0.25, 0.3) is 0 Å². The van der Waals surface area contributed by atoms with E-state index in [-0.39, 0.29) is 6.61 Å². The van der Waals surface area contributed by atoms with Crippen LogP contribution in [0.3, 0.4) is 0 Å². The van der Waals surface area contributed by atoms with Crippen molar-refractivity contribution in [2.45, 2.75) is 13.0 Å². The molecule has 0 amide bonds. The first-order valence-corrected chi connectivity index (χ1v) is 3.39. The lowest BCUT2D eigenvalue weighted by Crippen LogP contribution is -2.24. The molecule has 0 aliphatic heterocycles. The molecule has 1 unspecified atom stereocenters. The van der Waals surface area contributed by atoms with Gasteiger partial charge in [0.2, 0.25) is 0 Å². The minimum absolute atomic E-state index is 0.266. The predicted molar refractivity (Wildman–Crippen MR) is 44.2 cm³/mol. The Balaban J connectivity index is 3.93. The van der Waals surface area contributed by atoms with Gasteiger partial charge >= 0.3 is 11.9 Å². The van der Waals surface area contributed by atoms with Gasteiger partial charge in [0.1, 0.15) is 0 Å². The van der Waals surface area contributed by atoms with E-state index in [1.165, 1.54) is 6.92 Å². The Hall–Kier alpha value is -1.94. The van der Waals surface area contributed by atoms with Crippen LogP contribution in [0, 0.1) is 24.7 Å². The monoisotopic (exact) mass is 180 g/mol. The lowest BCUT2D eigenvalue weighted by molar-refractivity contribution is -0.168. The van der Waals surface area contributed by atoms with Crippen molar-refractivity contribution in [1.82, 2.24) is 0 Å². The molecular weight excluding hydrogens is 172 g/mol. The number of terminal acetylenes is 2. The van der Waals surface area contributed by atoms with E-state index in [0.29, 0.717) is 0 Å². The maximum atomic E-state index is 10.8. The van der Waals surface area contributed by atoms with Crippen molar-refractivity contribution in [1.29, 1.82) is 0 Å². The van der Waals surface area contributed by atoms with E-state index in [4.69, 9.17) is 12.8 Å². The highest BCUT2D eigenvalue weighted by Gasteiger charge is 2.18. The number of ether oxygens (including phenoxy) is 2. The summed E-state index contributed by atoms with van der Waals surface area (Å²) in [5, 5.41) is 0. The topological polar surface area (TPSA) is 52.6 Å². The van der Waals surface area contributed by atoms with Crippen LogP contribution in [0.2, 0.25) is 0 Å². The first-order chi connectivity index (χ1) is 6.11. The summed E-state index contributed by atoms with van der Waals surface area (Å²) in [4.78, 5) is 21.4. The van der Waals surface area contributed by atoms with Crippen molar-refractivity contribution >= 4 is 11.9 Å². The van der Waals surface area contributed by atoms with Gasteiger partial charge in [-0.3, -0.25) is 0 Å². The summed E-state index contributed by atoms with van der Waals surface area (Å²) in [6, 6.07) is 0. The van der Waals surface area contributed by atoms with E-state index in [0.717, 1.165) is 0 Å². The van der Waals surface area contributed by atoms with E-state index in [1.54, 1.807) is 0 Å². The Kier molecular flexibility index (Phi) is 4.83. The van der Waals surface area contributed by atoms with E-state index in [2.05, 4.69) is 15.4 Å². The highest BCUT2D eigenvalue weighted by molar-refractivity contribution is 6.29. The van der Waals surface area contributed by atoms with Gasteiger partial charge in [0, 0.05) is 0 Å². The quantitative estimate of drug-likeness (QED) is 0.333. The Morgan fingerprint density at radius 1 is 1.38 bits per heavy atom. The smallest absolute Gasteiger partial charge is 0.418 e. The molecule has 0 bridgehead atoms. The largest absolute Gasteiger partial charge is 0.444 e. The maximum Gasteiger partial charge on any atom is 0.418 e. The molecule has 68 valence electrons. The van der Waals surface area contributed by atoms with Crippen LogP contribution in [-0.4, -0.2) is 24.6 Å². The second-order valence-corrected chi connectivity index (χ2v) is 1.99. The van der Waals surface area contributed by atoms with Gasteiger partial charge < -0.3 is 9.47 Å². The summed E-state index contributed by atoms with van der Waals surface area (Å²) in [6.45, 7) is 1.19. The van der Waals surface area contributed by atoms with Crippen LogP contribution in [0.15, 0.2) is 0 Å². The summed E-state index contributed by atoms with van der Waals surface area (Å²) >= 11 is 0. The van der Waals surface area contributed by atoms with E-state index in [1.807, 2.05) is 5.92 Å². The van der Waals surface area contributed by atoms with Crippen molar-refractivity contribution in [3.63, 3.8) is 0 Å². The standard InChI is InChI=1S/C9H8O4/c1-4-6-12-8(10)9(11)13-7(3)5-2/h1-2,7H,6H2,3H3. The van der Waals surface area contributed by atoms with Gasteiger partial charge in [-0.1, -0.05) is 11.8 Å². The summed E-state index contributed by atoms with van der Waals surface area (Å²) in [5.74, 6) is 1.87. The fourth-order valence-electron chi connectivity index (χ4n) is 0.409. The summed E-state index contributed by atoms with van der Waals surface area (Å²) in [5.41, 5.74) is 0. The molecule has 0 aromatic rings. The summed E-state index contributed by atoms with van der Waals surface area (Å²) < 4.78 is 8.72. The van der Waals surface area contributed by atoms with Gasteiger partial charge in [0.25, 0.3) is 0 Å². The van der Waals surface area contributed by atoms with Crippen molar-refractivity contribution in [2.24, 2.45) is 0 Å². The van der Waals surface area contributed by atoms with Crippen LogP contribution in [-0.2, 0) is 19.1 Å². The second-order valence-electron chi connectivity index (χ2n) is 1.99. The normalized spacial score (nSPS) is 10.4. The highest BCUT2D eigenvalue weighted by atomic mass is 16.6. The molecule has 4 heteroatoms. The third-order valence-electron chi connectivity index (χ3n) is 0.972. The zero-order valence-electron chi connectivity index (χ0n) is 7.07. The van der Waals surface area contributed by atoms with Gasteiger partial charge in [-0.25, -0.2) is 9.59 Å². The Morgan fingerprint density at radius 3 is 2.46 bits per heavy atom. The number of carbonyl (C=O) groups is 2. The number of esters is 2. The molecule has 0 radical (unpaired) electrons. The molecule has 0 heterocycles. The lowest BCUT2D eigenvalue weighted by atomic mass is 10.4. The number of rotatable bonds is 2. The molecule has 0 aromatic carbocycles. The first-order valence-electron chi connectivity index (χ1n) is 3.39. The minimum atomic E-state index is -1.14. The number of carbonyl (C=O) groups excluding carboxylic acids is 2. The first kappa shape index (κ1) is 11.1. The molecule has 0 N–H and O–H groups in total. The van der Waals surface area contributed by atoms with Crippen LogP contribution in [0.4, 0.5) is 0 Å². The molecule has 0 saturated heterocycles. The summed E-state index contributed by atoms with van der Waals surface area (Å²) in [6.07, 6.45) is 8.94. The average Bonchev–Trinajstić information content (AvgIpc) is 2.13. The minimum Gasteiger partial charge on any atom is -0.444 e. The molecule has 0 rings (SSSR count). The van der Waals surface area contributed by atoms with Gasteiger partial charge in [-0.15, -0.1) is 12.8 Å². The third-order valence-corrected chi connectivity index (χ3v) is 0.972. The molecule has 0 aromatic heterocycles. The van der Waals surface area contributed by atoms with E-state index in [9.17, 15) is 9.59 Å². The molecule has 0 fully saturated rings. The van der Waals surface area contributed by atoms with Crippen LogP contribution in [0.1, 0.15) is 6.92 Å². The molecule has 1 atom stereocenters. The van der Waals surface area contributed by atoms with Gasteiger partial charge in [-0.05, 0) is 6.92 Å². The SMILES string of the molecule is C#CCOC(=O)C(=O)OC(C)C#C. The lowest BCUT2D eigenvalue weighted by Gasteiger charge is -2.05. The molecule has 0 aliphatic rings. The van der Waals surface area contributed by atoms with E-state index >= 15 is 0 Å². The zero-order chi connectivity index (χ0) is 10.3. The van der Waals surface area contributed by atoms with Gasteiger partial charge in [0.05, 0.1) is 0 Å². The Morgan fingerprint density at radius 2 is 2.00 bits per heavy atom. The maximum absolute atomic E-state index is 10.8. The molecule has 13 heavy (non-hydrogen) atoms. The molecular formula is C9H8O4. The zero-order valence-corrected chi connectivity index (χ0v) is 7.07. The highest BCUT2D eigenvalue weighted by Crippen LogP contribution is 1.91. The van der Waals surface area contributed by atoms with Crippen molar-refractivity contribution in [3.05, 3.63) is 0 Å². The molecule has 0 saturated carbocycles. The van der Waals surface area contributed by atoms with Crippen LogP contribution in [0.5, 0.6) is 0 Å². The van der Waals surface area contributed by atoms with E-state index < -0.39 is 18.0 Å². The van der Waals surface area contributed by atoms with Gasteiger partial charge in [0.15, 0.2) is 12.7 Å². The molecule has 0 aliphatic carbocycles. The fourth-order valence-corrected chi connectivity index (χ4v) is 0.409. The Labute approximate surface area is 76.2 Å².